The van der Waals surface area contributed by atoms with Gasteiger partial charge < -0.3 is 24.0 Å². The van der Waals surface area contributed by atoms with Crippen molar-refractivity contribution < 1.29 is 33.5 Å². The molecular formula is C7H9IN2O2. The number of hydrogen-bond acceptors (Lipinski definition) is 2. The minimum atomic E-state index is -0.380. The number of halogens is 1. The summed E-state index contributed by atoms with van der Waals surface area (Å²) in [6.45, 7) is 1.72. The van der Waals surface area contributed by atoms with Crippen LogP contribution < -0.4 is 28.5 Å². The van der Waals surface area contributed by atoms with Crippen LogP contribution in [0.25, 0.3) is 0 Å². The number of nitrogens with zero attached hydrogens (tertiary/aromatic N) is 2. The van der Waals surface area contributed by atoms with Crippen LogP contribution in [0.4, 0.5) is 5.69 Å². The van der Waals surface area contributed by atoms with Gasteiger partial charge in [-0.25, -0.2) is 4.57 Å². The van der Waals surface area contributed by atoms with E-state index in [-0.39, 0.29) is 34.6 Å². The van der Waals surface area contributed by atoms with Gasteiger partial charge in [0.25, 0.3) is 0 Å². The molecule has 4 nitrogen and oxygen atoms in total. The van der Waals surface area contributed by atoms with Crippen molar-refractivity contribution in [2.45, 2.75) is 6.92 Å². The predicted octanol–water partition coefficient (Wildman–Crippen LogP) is -2.27. The van der Waals surface area contributed by atoms with Gasteiger partial charge in [0.05, 0.1) is 4.92 Å². The first-order valence-corrected chi connectivity index (χ1v) is 3.21. The zero-order valence-electron chi connectivity index (χ0n) is 6.82. The van der Waals surface area contributed by atoms with Crippen molar-refractivity contribution in [3.63, 3.8) is 0 Å². The van der Waals surface area contributed by atoms with E-state index in [1.54, 1.807) is 30.8 Å². The zero-order valence-corrected chi connectivity index (χ0v) is 8.98. The summed E-state index contributed by atoms with van der Waals surface area (Å²) in [5, 5.41) is 10.4. The molecule has 0 N–H and O–H groups in total. The van der Waals surface area contributed by atoms with Crippen LogP contribution in [0.5, 0.6) is 0 Å². The van der Waals surface area contributed by atoms with Gasteiger partial charge in [-0.2, -0.15) is 0 Å². The molecule has 0 fully saturated rings. The molecule has 0 atom stereocenters. The number of nitro groups is 1. The zero-order chi connectivity index (χ0) is 8.43. The van der Waals surface area contributed by atoms with Crippen LogP contribution >= 0.6 is 0 Å². The summed E-state index contributed by atoms with van der Waals surface area (Å²) in [6, 6.07) is 1.72. The fourth-order valence-corrected chi connectivity index (χ4v) is 0.844. The van der Waals surface area contributed by atoms with Crippen LogP contribution in [-0.2, 0) is 7.05 Å². The molecule has 66 valence electrons. The minimum Gasteiger partial charge on any atom is -1.00 e. The van der Waals surface area contributed by atoms with E-state index < -0.39 is 0 Å². The molecule has 1 heterocycles. The third kappa shape index (κ3) is 2.40. The maximum atomic E-state index is 10.4. The molecule has 1 aromatic rings. The average Bonchev–Trinajstić information content (AvgIpc) is 1.94. The second kappa shape index (κ2) is 4.34. The molecule has 0 aliphatic rings. The molecule has 0 saturated heterocycles. The largest absolute Gasteiger partial charge is 1.00 e. The lowest BCUT2D eigenvalue weighted by Crippen LogP contribution is -3.00. The molecular weight excluding hydrogens is 271 g/mol. The van der Waals surface area contributed by atoms with E-state index in [9.17, 15) is 10.1 Å². The summed E-state index contributed by atoms with van der Waals surface area (Å²) < 4.78 is 1.66. The van der Waals surface area contributed by atoms with Crippen molar-refractivity contribution in [3.05, 3.63) is 34.1 Å². The summed E-state index contributed by atoms with van der Waals surface area (Å²) in [4.78, 5) is 9.99. The third-order valence-electron chi connectivity index (χ3n) is 1.49. The average molecular weight is 280 g/mol. The number of pyridine rings is 1. The molecule has 0 aliphatic heterocycles. The highest BCUT2D eigenvalue weighted by Gasteiger charge is 2.13. The highest BCUT2D eigenvalue weighted by Crippen LogP contribution is 2.12. The molecule has 0 unspecified atom stereocenters. The van der Waals surface area contributed by atoms with Gasteiger partial charge in [0, 0.05) is 11.6 Å². The third-order valence-corrected chi connectivity index (χ3v) is 1.49. The van der Waals surface area contributed by atoms with E-state index in [0.29, 0.717) is 5.56 Å². The second-order valence-corrected chi connectivity index (χ2v) is 2.44. The number of aromatic nitrogens is 1. The Morgan fingerprint density at radius 2 is 2.17 bits per heavy atom. The molecule has 0 aromatic carbocycles. The fourth-order valence-electron chi connectivity index (χ4n) is 0.844. The Hall–Kier alpha value is -0.720. The quantitative estimate of drug-likeness (QED) is 0.252. The number of rotatable bonds is 1. The summed E-state index contributed by atoms with van der Waals surface area (Å²) in [5.74, 6) is 0. The van der Waals surface area contributed by atoms with Gasteiger partial charge >= 0.3 is 5.69 Å². The Kier molecular flexibility index (Phi) is 4.08. The summed E-state index contributed by atoms with van der Waals surface area (Å²) in [7, 11) is 1.76. The van der Waals surface area contributed by atoms with Crippen LogP contribution in [0.2, 0.25) is 0 Å². The van der Waals surface area contributed by atoms with Crippen LogP contribution in [0.1, 0.15) is 5.56 Å². The molecule has 0 spiro atoms. The number of aryl methyl sites for hydroxylation is 2. The lowest BCUT2D eigenvalue weighted by molar-refractivity contribution is -0.674. The van der Waals surface area contributed by atoms with Gasteiger partial charge in [0.15, 0.2) is 6.20 Å². The highest BCUT2D eigenvalue weighted by molar-refractivity contribution is 5.33. The first-order chi connectivity index (χ1) is 5.11. The molecule has 1 rings (SSSR count). The smallest absolute Gasteiger partial charge is 0.335 e. The molecule has 12 heavy (non-hydrogen) atoms. The fraction of sp³-hybridized carbons (Fsp3) is 0.286. The van der Waals surface area contributed by atoms with Crippen molar-refractivity contribution >= 4 is 5.69 Å². The lowest BCUT2D eigenvalue weighted by Gasteiger charge is -1.92. The van der Waals surface area contributed by atoms with Gasteiger partial charge in [0.2, 0.25) is 6.20 Å². The molecule has 5 heteroatoms. The molecule has 0 amide bonds. The molecule has 0 aliphatic carbocycles. The van der Waals surface area contributed by atoms with Crippen molar-refractivity contribution in [3.8, 4) is 0 Å². The molecule has 1 aromatic heterocycles. The molecule has 0 bridgehead atoms. The Labute approximate surface area is 87.4 Å². The predicted molar refractivity (Wildman–Crippen MR) is 39.0 cm³/mol. The van der Waals surface area contributed by atoms with Crippen molar-refractivity contribution in [2.75, 3.05) is 0 Å². The monoisotopic (exact) mass is 280 g/mol. The van der Waals surface area contributed by atoms with Gasteiger partial charge in [-0.15, -0.1) is 0 Å². The standard InChI is InChI=1S/C7H9N2O2.HI/c1-6-3-4-8(2)5-7(6)9(10)11;/h3-5H,1-2H3;1H/q+1;/p-1. The summed E-state index contributed by atoms with van der Waals surface area (Å²) >= 11 is 0. The van der Waals surface area contributed by atoms with E-state index in [2.05, 4.69) is 0 Å². The Morgan fingerprint density at radius 3 is 2.58 bits per heavy atom. The van der Waals surface area contributed by atoms with E-state index in [1.165, 1.54) is 6.20 Å². The van der Waals surface area contributed by atoms with E-state index in [1.807, 2.05) is 0 Å². The van der Waals surface area contributed by atoms with Crippen molar-refractivity contribution in [2.24, 2.45) is 7.05 Å². The van der Waals surface area contributed by atoms with Gasteiger partial charge in [-0.05, 0) is 6.92 Å². The first kappa shape index (κ1) is 11.3. The second-order valence-electron chi connectivity index (χ2n) is 2.44. The van der Waals surface area contributed by atoms with Gasteiger partial charge in [-0.1, -0.05) is 0 Å². The summed E-state index contributed by atoms with van der Waals surface area (Å²) in [5.41, 5.74) is 0.850. The molecule has 0 saturated carbocycles. The Bertz CT molecular complexity index is 301. The maximum Gasteiger partial charge on any atom is 0.335 e. The molecule has 0 radical (unpaired) electrons. The van der Waals surface area contributed by atoms with E-state index in [0.717, 1.165) is 0 Å². The van der Waals surface area contributed by atoms with Crippen LogP contribution in [0.15, 0.2) is 18.5 Å². The highest BCUT2D eigenvalue weighted by atomic mass is 127. The number of hydrogen-bond donors (Lipinski definition) is 0. The van der Waals surface area contributed by atoms with Crippen LogP contribution in [-0.4, -0.2) is 4.92 Å². The van der Waals surface area contributed by atoms with Crippen LogP contribution in [0, 0.1) is 17.0 Å². The maximum absolute atomic E-state index is 10.4. The van der Waals surface area contributed by atoms with Crippen LogP contribution in [0.3, 0.4) is 0 Å². The van der Waals surface area contributed by atoms with E-state index >= 15 is 0 Å². The Balaban J connectivity index is 0.00000121. The van der Waals surface area contributed by atoms with Crippen molar-refractivity contribution in [1.82, 2.24) is 0 Å². The normalized spacial score (nSPS) is 8.83. The SMILES string of the molecule is Cc1cc[n+](C)cc1[N+](=O)[O-].[I-]. The first-order valence-electron chi connectivity index (χ1n) is 3.21. The Morgan fingerprint density at radius 1 is 1.58 bits per heavy atom. The van der Waals surface area contributed by atoms with Crippen molar-refractivity contribution in [1.29, 1.82) is 0 Å². The van der Waals surface area contributed by atoms with E-state index in [4.69, 9.17) is 0 Å². The van der Waals surface area contributed by atoms with Gasteiger partial charge in [0.1, 0.15) is 7.05 Å². The summed E-state index contributed by atoms with van der Waals surface area (Å²) in [6.07, 6.45) is 3.28. The lowest BCUT2D eigenvalue weighted by atomic mass is 10.2. The minimum absolute atomic E-state index is 0. The van der Waals surface area contributed by atoms with Gasteiger partial charge in [-0.3, -0.25) is 10.1 Å². The topological polar surface area (TPSA) is 47.0 Å².